The molecule has 0 aromatic heterocycles. The van der Waals surface area contributed by atoms with Gasteiger partial charge in [0.25, 0.3) is 0 Å². The molecule has 0 fully saturated rings. The first-order chi connectivity index (χ1) is 5.72. The van der Waals surface area contributed by atoms with Crippen LogP contribution in [-0.4, -0.2) is 24.4 Å². The second kappa shape index (κ2) is 6.89. The maximum atomic E-state index is 11.2. The minimum absolute atomic E-state index is 0.105. The highest BCUT2D eigenvalue weighted by atomic mass is 16.2. The third-order valence-electron chi connectivity index (χ3n) is 1.78. The van der Waals surface area contributed by atoms with Crippen LogP contribution in [0.4, 0.5) is 0 Å². The number of hydrogen-bond acceptors (Lipinski definition) is 1. The van der Waals surface area contributed by atoms with Crippen LogP contribution in [0.3, 0.4) is 0 Å². The molecule has 0 saturated heterocycles. The number of nitrogens with zero attached hydrogens (tertiary/aromatic N) is 1. The average molecular weight is 169 g/mol. The first-order valence-electron chi connectivity index (χ1n) is 4.60. The summed E-state index contributed by atoms with van der Waals surface area (Å²) in [6.45, 7) is 4.89. The van der Waals surface area contributed by atoms with Gasteiger partial charge in [-0.05, 0) is 19.4 Å². The summed E-state index contributed by atoms with van der Waals surface area (Å²) in [7, 11) is 1.85. The molecule has 0 aromatic carbocycles. The predicted octanol–water partition coefficient (Wildman–Crippen LogP) is 2.21. The van der Waals surface area contributed by atoms with Gasteiger partial charge >= 0.3 is 0 Å². The van der Waals surface area contributed by atoms with Crippen LogP contribution in [0.2, 0.25) is 0 Å². The standard InChI is InChI=1S/C10H19NO/c1-4-6-7-9-11(3)10(12)8-5-2/h5,8H,4,6-7,9H2,1-3H3. The van der Waals surface area contributed by atoms with Crippen molar-refractivity contribution in [3.05, 3.63) is 12.2 Å². The predicted molar refractivity (Wildman–Crippen MR) is 52.0 cm³/mol. The highest BCUT2D eigenvalue weighted by Crippen LogP contribution is 1.96. The first-order valence-corrected chi connectivity index (χ1v) is 4.60. The number of hydrogen-bond donors (Lipinski definition) is 0. The molecule has 0 aliphatic heterocycles. The Bertz CT molecular complexity index is 152. The van der Waals surface area contributed by atoms with Crippen LogP contribution < -0.4 is 0 Å². The van der Waals surface area contributed by atoms with Crippen LogP contribution in [0, 0.1) is 0 Å². The molecule has 0 saturated carbocycles. The van der Waals surface area contributed by atoms with Gasteiger partial charge in [-0.15, -0.1) is 0 Å². The molecule has 0 spiro atoms. The fourth-order valence-corrected chi connectivity index (χ4v) is 0.979. The molecule has 12 heavy (non-hydrogen) atoms. The third-order valence-corrected chi connectivity index (χ3v) is 1.78. The Hall–Kier alpha value is -0.790. The molecule has 0 unspecified atom stereocenters. The van der Waals surface area contributed by atoms with E-state index in [9.17, 15) is 4.79 Å². The molecule has 70 valence electrons. The number of allylic oxidation sites excluding steroid dienone is 1. The van der Waals surface area contributed by atoms with E-state index < -0.39 is 0 Å². The van der Waals surface area contributed by atoms with Crippen LogP contribution >= 0.6 is 0 Å². The Morgan fingerprint density at radius 1 is 1.42 bits per heavy atom. The minimum atomic E-state index is 0.105. The second-order valence-corrected chi connectivity index (χ2v) is 2.97. The zero-order valence-corrected chi connectivity index (χ0v) is 8.34. The molecule has 0 bridgehead atoms. The van der Waals surface area contributed by atoms with Crippen LogP contribution in [0.25, 0.3) is 0 Å². The molecule has 2 heteroatoms. The minimum Gasteiger partial charge on any atom is -0.342 e. The van der Waals surface area contributed by atoms with Crippen molar-refractivity contribution in [2.75, 3.05) is 13.6 Å². The summed E-state index contributed by atoms with van der Waals surface area (Å²) < 4.78 is 0. The average Bonchev–Trinajstić information content (AvgIpc) is 2.05. The summed E-state index contributed by atoms with van der Waals surface area (Å²) in [5.41, 5.74) is 0. The van der Waals surface area contributed by atoms with Crippen molar-refractivity contribution in [2.45, 2.75) is 33.1 Å². The van der Waals surface area contributed by atoms with Gasteiger partial charge in [0.05, 0.1) is 0 Å². The fourth-order valence-electron chi connectivity index (χ4n) is 0.979. The van der Waals surface area contributed by atoms with Gasteiger partial charge in [0.15, 0.2) is 0 Å². The third kappa shape index (κ3) is 4.94. The molecule has 0 heterocycles. The molecule has 0 radical (unpaired) electrons. The molecule has 0 atom stereocenters. The van der Waals surface area contributed by atoms with E-state index >= 15 is 0 Å². The monoisotopic (exact) mass is 169 g/mol. The van der Waals surface area contributed by atoms with Crippen molar-refractivity contribution in [3.63, 3.8) is 0 Å². The van der Waals surface area contributed by atoms with E-state index in [1.54, 1.807) is 17.1 Å². The van der Waals surface area contributed by atoms with Gasteiger partial charge in [-0.1, -0.05) is 25.8 Å². The van der Waals surface area contributed by atoms with Crippen molar-refractivity contribution in [1.82, 2.24) is 4.90 Å². The SMILES string of the molecule is CC=CC(=O)N(C)CCCCC. The lowest BCUT2D eigenvalue weighted by Crippen LogP contribution is -2.25. The number of unbranched alkanes of at least 4 members (excludes halogenated alkanes) is 2. The Balaban J connectivity index is 3.56. The Morgan fingerprint density at radius 3 is 2.58 bits per heavy atom. The van der Waals surface area contributed by atoms with E-state index in [0.29, 0.717) is 0 Å². The maximum absolute atomic E-state index is 11.2. The molecule has 1 amide bonds. The van der Waals surface area contributed by atoms with E-state index in [4.69, 9.17) is 0 Å². The highest BCUT2D eigenvalue weighted by molar-refractivity contribution is 5.87. The van der Waals surface area contributed by atoms with Gasteiger partial charge < -0.3 is 4.90 Å². The molecule has 0 rings (SSSR count). The summed E-state index contributed by atoms with van der Waals surface area (Å²) in [5, 5.41) is 0. The summed E-state index contributed by atoms with van der Waals surface area (Å²) >= 11 is 0. The van der Waals surface area contributed by atoms with Crippen molar-refractivity contribution in [1.29, 1.82) is 0 Å². The number of carbonyl (C=O) groups is 1. The summed E-state index contributed by atoms with van der Waals surface area (Å²) in [4.78, 5) is 12.9. The Labute approximate surface area is 75.3 Å². The van der Waals surface area contributed by atoms with Crippen LogP contribution in [0.15, 0.2) is 12.2 Å². The largest absolute Gasteiger partial charge is 0.342 e. The van der Waals surface area contributed by atoms with Crippen LogP contribution in [0.5, 0.6) is 0 Å². The van der Waals surface area contributed by atoms with E-state index in [2.05, 4.69) is 6.92 Å². The molecule has 0 aromatic rings. The lowest BCUT2D eigenvalue weighted by molar-refractivity contribution is -0.124. The molecule has 0 aliphatic carbocycles. The number of amides is 1. The lowest BCUT2D eigenvalue weighted by atomic mass is 10.2. The quantitative estimate of drug-likeness (QED) is 0.456. The van der Waals surface area contributed by atoms with Gasteiger partial charge in [0.2, 0.25) is 5.91 Å². The Morgan fingerprint density at radius 2 is 2.08 bits per heavy atom. The van der Waals surface area contributed by atoms with Crippen molar-refractivity contribution < 1.29 is 4.79 Å². The van der Waals surface area contributed by atoms with E-state index in [-0.39, 0.29) is 5.91 Å². The summed E-state index contributed by atoms with van der Waals surface area (Å²) in [6.07, 6.45) is 6.89. The van der Waals surface area contributed by atoms with E-state index in [0.717, 1.165) is 13.0 Å². The molecular weight excluding hydrogens is 150 g/mol. The summed E-state index contributed by atoms with van der Waals surface area (Å²) in [5.74, 6) is 0.105. The second-order valence-electron chi connectivity index (χ2n) is 2.97. The molecule has 0 aliphatic rings. The van der Waals surface area contributed by atoms with Crippen LogP contribution in [-0.2, 0) is 4.79 Å². The summed E-state index contributed by atoms with van der Waals surface area (Å²) in [6, 6.07) is 0. The van der Waals surface area contributed by atoms with E-state index in [1.807, 2.05) is 14.0 Å². The number of likely N-dealkylation sites (N-methyl/N-ethyl adjacent to an activating group) is 1. The smallest absolute Gasteiger partial charge is 0.245 e. The normalized spacial score (nSPS) is 10.6. The first kappa shape index (κ1) is 11.2. The molecule has 2 nitrogen and oxygen atoms in total. The fraction of sp³-hybridized carbons (Fsp3) is 0.700. The molecule has 0 N–H and O–H groups in total. The highest BCUT2D eigenvalue weighted by Gasteiger charge is 2.01. The van der Waals surface area contributed by atoms with E-state index in [1.165, 1.54) is 12.8 Å². The van der Waals surface area contributed by atoms with Gasteiger partial charge in [-0.3, -0.25) is 4.79 Å². The van der Waals surface area contributed by atoms with Gasteiger partial charge in [-0.25, -0.2) is 0 Å². The topological polar surface area (TPSA) is 20.3 Å². The van der Waals surface area contributed by atoms with Crippen LogP contribution in [0.1, 0.15) is 33.1 Å². The van der Waals surface area contributed by atoms with Crippen molar-refractivity contribution in [2.24, 2.45) is 0 Å². The Kier molecular flexibility index (Phi) is 6.44. The molecular formula is C10H19NO. The zero-order valence-electron chi connectivity index (χ0n) is 8.34. The van der Waals surface area contributed by atoms with Gasteiger partial charge in [0, 0.05) is 13.6 Å². The van der Waals surface area contributed by atoms with Crippen molar-refractivity contribution in [3.8, 4) is 0 Å². The number of rotatable bonds is 5. The van der Waals surface area contributed by atoms with Gasteiger partial charge in [-0.2, -0.15) is 0 Å². The lowest BCUT2D eigenvalue weighted by Gasteiger charge is -2.14. The van der Waals surface area contributed by atoms with Gasteiger partial charge in [0.1, 0.15) is 0 Å². The number of carbonyl (C=O) groups excluding carboxylic acids is 1. The van der Waals surface area contributed by atoms with Crippen molar-refractivity contribution >= 4 is 5.91 Å². The zero-order chi connectivity index (χ0) is 9.40. The maximum Gasteiger partial charge on any atom is 0.245 e.